The summed E-state index contributed by atoms with van der Waals surface area (Å²) in [4.78, 5) is 15.8. The van der Waals surface area contributed by atoms with E-state index in [0.717, 1.165) is 16.9 Å². The molecule has 0 aliphatic heterocycles. The van der Waals surface area contributed by atoms with E-state index in [-0.39, 0.29) is 5.88 Å². The molecule has 0 spiro atoms. The molecule has 7 nitrogen and oxygen atoms in total. The van der Waals surface area contributed by atoms with Gasteiger partial charge in [-0.25, -0.2) is 9.67 Å². The van der Waals surface area contributed by atoms with Gasteiger partial charge in [0.05, 0.1) is 23.7 Å². The molecule has 0 atom stereocenters. The van der Waals surface area contributed by atoms with E-state index in [2.05, 4.69) is 63.1 Å². The van der Waals surface area contributed by atoms with Crippen LogP contribution in [0.4, 0.5) is 11.6 Å². The van der Waals surface area contributed by atoms with Crippen molar-refractivity contribution in [2.45, 2.75) is 33.6 Å². The Balaban J connectivity index is 1.80. The second-order valence-corrected chi connectivity index (χ2v) is 8.89. The zero-order valence-electron chi connectivity index (χ0n) is 18.9. The third kappa shape index (κ3) is 5.01. The van der Waals surface area contributed by atoms with Crippen LogP contribution < -0.4 is 4.80 Å². The van der Waals surface area contributed by atoms with Crippen LogP contribution in [0.1, 0.15) is 42.2 Å². The molecule has 0 saturated heterocycles. The van der Waals surface area contributed by atoms with Crippen molar-refractivity contribution in [3.63, 3.8) is 0 Å². The zero-order valence-corrected chi connectivity index (χ0v) is 19.7. The van der Waals surface area contributed by atoms with Crippen molar-refractivity contribution in [1.82, 2.24) is 4.68 Å². The summed E-state index contributed by atoms with van der Waals surface area (Å²) in [5.74, 6) is 0.416. The molecule has 0 unspecified atom stereocenters. The number of nitrogens with zero attached hydrogens (tertiary/aromatic N) is 4. The van der Waals surface area contributed by atoms with Crippen LogP contribution in [0, 0.1) is 24.0 Å². The van der Waals surface area contributed by atoms with Crippen LogP contribution in [-0.2, 0) is 0 Å². The number of benzene rings is 2. The predicted octanol–water partition coefficient (Wildman–Crippen LogP) is 6.57. The Morgan fingerprint density at radius 2 is 1.82 bits per heavy atom. The summed E-state index contributed by atoms with van der Waals surface area (Å²) >= 11 is 1.48. The molecule has 2 heterocycles. The number of aromatic nitrogens is 1. The van der Waals surface area contributed by atoms with Crippen molar-refractivity contribution in [1.29, 1.82) is 0 Å². The summed E-state index contributed by atoms with van der Waals surface area (Å²) in [6.45, 7) is 8.46. The summed E-state index contributed by atoms with van der Waals surface area (Å²) in [7, 11) is 0. The number of rotatable bonds is 6. The van der Waals surface area contributed by atoms with Gasteiger partial charge in [-0.05, 0) is 60.7 Å². The fourth-order valence-corrected chi connectivity index (χ4v) is 4.11. The largest absolute Gasteiger partial charge is 0.433 e. The minimum atomic E-state index is -0.572. The molecule has 4 rings (SSSR count). The van der Waals surface area contributed by atoms with Crippen LogP contribution >= 0.6 is 11.3 Å². The lowest BCUT2D eigenvalue weighted by molar-refractivity contribution is -0.402. The summed E-state index contributed by atoms with van der Waals surface area (Å²) in [5, 5.41) is 17.5. The molecule has 0 N–H and O–H groups in total. The highest BCUT2D eigenvalue weighted by Gasteiger charge is 2.12. The molecular formula is C25H24N4O3S. The molecule has 168 valence electrons. The van der Waals surface area contributed by atoms with Gasteiger partial charge in [0.2, 0.25) is 4.80 Å². The smallest absolute Gasteiger partial charge is 0.400 e. The van der Waals surface area contributed by atoms with Gasteiger partial charge < -0.3 is 4.42 Å². The first-order chi connectivity index (χ1) is 15.8. The SMILES string of the molecule is Cc1ccc(-c2csc(=Nc3ccc(C(C)C)cc3)n2N=Cc2ccc([N+](=O)[O-])o2)cc1C. The molecular weight excluding hydrogens is 436 g/mol. The van der Waals surface area contributed by atoms with Gasteiger partial charge in [0.15, 0.2) is 5.76 Å². The maximum Gasteiger partial charge on any atom is 0.433 e. The van der Waals surface area contributed by atoms with Gasteiger partial charge in [0.1, 0.15) is 4.92 Å². The minimum absolute atomic E-state index is 0.290. The monoisotopic (exact) mass is 460 g/mol. The standard InChI is InChI=1S/C25H24N4O3S/c1-16(2)19-7-9-21(10-8-19)27-25-28(26-14-22-11-12-24(32-22)29(30)31)23(15-33-25)20-6-5-17(3)18(4)13-20/h5-16H,1-4H3. The fraction of sp³-hybridized carbons (Fsp3) is 0.200. The van der Waals surface area contributed by atoms with E-state index in [0.29, 0.717) is 16.5 Å². The number of aryl methyl sites for hydroxylation is 2. The van der Waals surface area contributed by atoms with Crippen LogP contribution in [0.25, 0.3) is 11.3 Å². The van der Waals surface area contributed by atoms with Gasteiger partial charge in [0, 0.05) is 10.9 Å². The van der Waals surface area contributed by atoms with Crippen molar-refractivity contribution in [3.05, 3.63) is 97.3 Å². The van der Waals surface area contributed by atoms with E-state index < -0.39 is 4.92 Å². The normalized spacial score (nSPS) is 12.2. The molecule has 0 aliphatic rings. The quantitative estimate of drug-likeness (QED) is 0.185. The molecule has 0 aliphatic carbocycles. The Kier molecular flexibility index (Phi) is 6.37. The van der Waals surface area contributed by atoms with Crippen molar-refractivity contribution in [2.24, 2.45) is 10.1 Å². The van der Waals surface area contributed by atoms with Crippen molar-refractivity contribution in [3.8, 4) is 11.3 Å². The van der Waals surface area contributed by atoms with Gasteiger partial charge in [0.25, 0.3) is 0 Å². The average molecular weight is 461 g/mol. The number of nitro groups is 1. The summed E-state index contributed by atoms with van der Waals surface area (Å²) in [6, 6.07) is 17.2. The summed E-state index contributed by atoms with van der Waals surface area (Å²) in [6.07, 6.45) is 1.46. The van der Waals surface area contributed by atoms with E-state index in [1.807, 2.05) is 17.5 Å². The Hall–Kier alpha value is -3.78. The fourth-order valence-electron chi connectivity index (χ4n) is 3.26. The van der Waals surface area contributed by atoms with E-state index in [1.54, 1.807) is 4.68 Å². The molecule has 0 saturated carbocycles. The van der Waals surface area contributed by atoms with Crippen LogP contribution in [0.2, 0.25) is 0 Å². The van der Waals surface area contributed by atoms with Gasteiger partial charge in [-0.3, -0.25) is 10.1 Å². The highest BCUT2D eigenvalue weighted by atomic mass is 32.1. The lowest BCUT2D eigenvalue weighted by Crippen LogP contribution is -2.11. The number of hydrogen-bond donors (Lipinski definition) is 0. The average Bonchev–Trinajstić information content (AvgIpc) is 3.42. The summed E-state index contributed by atoms with van der Waals surface area (Å²) < 4.78 is 6.96. The van der Waals surface area contributed by atoms with E-state index in [9.17, 15) is 10.1 Å². The zero-order chi connectivity index (χ0) is 23.5. The Labute approximate surface area is 195 Å². The lowest BCUT2D eigenvalue weighted by atomic mass is 10.0. The van der Waals surface area contributed by atoms with Gasteiger partial charge in [-0.1, -0.05) is 38.1 Å². The molecule has 4 aromatic rings. The molecule has 8 heteroatoms. The van der Waals surface area contributed by atoms with Crippen LogP contribution in [-0.4, -0.2) is 15.8 Å². The second-order valence-electron chi connectivity index (χ2n) is 8.05. The number of thiazole rings is 1. The van der Waals surface area contributed by atoms with Crippen molar-refractivity contribution < 1.29 is 9.34 Å². The van der Waals surface area contributed by atoms with E-state index >= 15 is 0 Å². The third-order valence-corrected chi connectivity index (χ3v) is 6.18. The maximum atomic E-state index is 10.9. The van der Waals surface area contributed by atoms with Crippen LogP contribution in [0.5, 0.6) is 0 Å². The van der Waals surface area contributed by atoms with Crippen LogP contribution in [0.3, 0.4) is 0 Å². The first kappa shape index (κ1) is 22.4. The van der Waals surface area contributed by atoms with Crippen LogP contribution in [0.15, 0.2) is 74.5 Å². The Bertz CT molecular complexity index is 1390. The number of furan rings is 1. The topological polar surface area (TPSA) is 85.9 Å². The van der Waals surface area contributed by atoms with Gasteiger partial charge >= 0.3 is 5.88 Å². The van der Waals surface area contributed by atoms with Gasteiger partial charge in [-0.2, -0.15) is 5.10 Å². The Morgan fingerprint density at radius 3 is 2.45 bits per heavy atom. The molecule has 2 aromatic heterocycles. The predicted molar refractivity (Wildman–Crippen MR) is 131 cm³/mol. The molecule has 0 fully saturated rings. The number of hydrogen-bond acceptors (Lipinski definition) is 6. The summed E-state index contributed by atoms with van der Waals surface area (Å²) in [5.41, 5.74) is 6.35. The Morgan fingerprint density at radius 1 is 1.06 bits per heavy atom. The highest BCUT2D eigenvalue weighted by molar-refractivity contribution is 7.07. The van der Waals surface area contributed by atoms with Crippen molar-refractivity contribution in [2.75, 3.05) is 0 Å². The van der Waals surface area contributed by atoms with E-state index in [1.165, 1.54) is 46.4 Å². The first-order valence-corrected chi connectivity index (χ1v) is 11.4. The maximum absolute atomic E-state index is 10.9. The molecule has 0 radical (unpaired) electrons. The highest BCUT2D eigenvalue weighted by Crippen LogP contribution is 2.24. The van der Waals surface area contributed by atoms with E-state index in [4.69, 9.17) is 9.41 Å². The molecule has 0 bridgehead atoms. The lowest BCUT2D eigenvalue weighted by Gasteiger charge is -2.07. The minimum Gasteiger partial charge on any atom is -0.400 e. The van der Waals surface area contributed by atoms with Gasteiger partial charge in [-0.15, -0.1) is 11.3 Å². The molecule has 33 heavy (non-hydrogen) atoms. The molecule has 0 amide bonds. The second kappa shape index (κ2) is 9.38. The first-order valence-electron chi connectivity index (χ1n) is 10.5. The third-order valence-electron chi connectivity index (χ3n) is 5.37. The van der Waals surface area contributed by atoms with Crippen molar-refractivity contribution >= 4 is 29.1 Å². The molecule has 2 aromatic carbocycles.